The fraction of sp³-hybridized carbons (Fsp3) is 0.130. The van der Waals surface area contributed by atoms with Crippen molar-refractivity contribution in [2.75, 3.05) is 19.5 Å². The minimum Gasteiger partial charge on any atom is -0.497 e. The summed E-state index contributed by atoms with van der Waals surface area (Å²) in [6.07, 6.45) is 1.61. The van der Waals surface area contributed by atoms with Gasteiger partial charge in [0.05, 0.1) is 25.3 Å². The van der Waals surface area contributed by atoms with Gasteiger partial charge >= 0.3 is 0 Å². The smallest absolute Gasteiger partial charge is 0.267 e. The number of anilines is 1. The largest absolute Gasteiger partial charge is 0.497 e. The number of nitrogens with zero attached hydrogens (tertiary/aromatic N) is 3. The highest BCUT2D eigenvalue weighted by atomic mass is 16.5. The number of fused-ring (bicyclic) bond motifs is 1. The van der Waals surface area contributed by atoms with Gasteiger partial charge in [0.25, 0.3) is 11.5 Å². The Morgan fingerprint density at radius 1 is 1.00 bits per heavy atom. The molecular weight excluding hydrogens is 396 g/mol. The van der Waals surface area contributed by atoms with E-state index >= 15 is 0 Å². The van der Waals surface area contributed by atoms with Gasteiger partial charge in [-0.05, 0) is 55.5 Å². The van der Waals surface area contributed by atoms with Crippen LogP contribution < -0.4 is 20.3 Å². The van der Waals surface area contributed by atoms with Gasteiger partial charge in [0, 0.05) is 23.5 Å². The summed E-state index contributed by atoms with van der Waals surface area (Å²) < 4.78 is 11.9. The summed E-state index contributed by atoms with van der Waals surface area (Å²) in [6, 6.07) is 15.3. The van der Waals surface area contributed by atoms with Crippen LogP contribution in [-0.2, 0) is 0 Å². The first-order valence-electron chi connectivity index (χ1n) is 9.49. The first kappa shape index (κ1) is 20.1. The standard InChI is InChI=1S/C23H20N4O4/c1-14-25-21-20(5-4-10-24-21)23(29)27(14)17-8-6-16(7-9-17)26-22(28)15-11-18(30-2)13-19(12-15)31-3/h4-13H,1-3H3,(H,26,28). The molecule has 2 aromatic carbocycles. The van der Waals surface area contributed by atoms with Crippen LogP contribution >= 0.6 is 0 Å². The molecule has 0 fully saturated rings. The molecule has 4 rings (SSSR count). The van der Waals surface area contributed by atoms with Crippen LogP contribution in [-0.4, -0.2) is 34.7 Å². The lowest BCUT2D eigenvalue weighted by Gasteiger charge is -2.12. The number of carbonyl (C=O) groups excluding carboxylic acids is 1. The predicted molar refractivity (Wildman–Crippen MR) is 117 cm³/mol. The number of hydrogen-bond donors (Lipinski definition) is 1. The van der Waals surface area contributed by atoms with Crippen LogP contribution in [0.5, 0.6) is 11.5 Å². The molecule has 8 heteroatoms. The number of nitrogens with one attached hydrogen (secondary N) is 1. The van der Waals surface area contributed by atoms with E-state index in [2.05, 4.69) is 15.3 Å². The summed E-state index contributed by atoms with van der Waals surface area (Å²) in [5, 5.41) is 3.28. The number of aromatic nitrogens is 3. The highest BCUT2D eigenvalue weighted by Crippen LogP contribution is 2.23. The molecule has 0 atom stereocenters. The molecule has 31 heavy (non-hydrogen) atoms. The molecule has 4 aromatic rings. The van der Waals surface area contributed by atoms with Crippen molar-refractivity contribution < 1.29 is 14.3 Å². The third-order valence-electron chi connectivity index (χ3n) is 4.81. The maximum Gasteiger partial charge on any atom is 0.267 e. The zero-order valence-electron chi connectivity index (χ0n) is 17.2. The van der Waals surface area contributed by atoms with Crippen molar-refractivity contribution in [3.05, 3.63) is 82.5 Å². The number of ether oxygens (including phenoxy) is 2. The molecule has 0 bridgehead atoms. The Bertz CT molecular complexity index is 1310. The predicted octanol–water partition coefficient (Wildman–Crippen LogP) is 3.36. The molecule has 0 aliphatic carbocycles. The molecule has 156 valence electrons. The zero-order valence-corrected chi connectivity index (χ0v) is 17.2. The highest BCUT2D eigenvalue weighted by Gasteiger charge is 2.12. The van der Waals surface area contributed by atoms with E-state index in [0.717, 1.165) is 0 Å². The Balaban J connectivity index is 1.62. The molecular formula is C23H20N4O4. The molecule has 8 nitrogen and oxygen atoms in total. The van der Waals surface area contributed by atoms with Crippen LogP contribution in [0.25, 0.3) is 16.7 Å². The Labute approximate surface area is 178 Å². The van der Waals surface area contributed by atoms with Gasteiger partial charge in [0.15, 0.2) is 5.65 Å². The Morgan fingerprint density at radius 2 is 1.68 bits per heavy atom. The lowest BCUT2D eigenvalue weighted by atomic mass is 10.1. The van der Waals surface area contributed by atoms with Crippen molar-refractivity contribution in [2.24, 2.45) is 0 Å². The average Bonchev–Trinajstić information content (AvgIpc) is 2.79. The molecule has 0 saturated heterocycles. The van der Waals surface area contributed by atoms with E-state index < -0.39 is 0 Å². The van der Waals surface area contributed by atoms with E-state index in [9.17, 15) is 9.59 Å². The fourth-order valence-corrected chi connectivity index (χ4v) is 3.26. The van der Waals surface area contributed by atoms with E-state index in [1.54, 1.807) is 67.7 Å². The number of carbonyl (C=O) groups is 1. The van der Waals surface area contributed by atoms with E-state index in [1.165, 1.54) is 18.8 Å². The molecule has 2 aromatic heterocycles. The normalized spacial score (nSPS) is 10.7. The second kappa shape index (κ2) is 8.27. The minimum atomic E-state index is -0.309. The fourth-order valence-electron chi connectivity index (χ4n) is 3.26. The van der Waals surface area contributed by atoms with Gasteiger partial charge in [-0.3, -0.25) is 14.2 Å². The van der Waals surface area contributed by atoms with Crippen molar-refractivity contribution in [1.29, 1.82) is 0 Å². The summed E-state index contributed by atoms with van der Waals surface area (Å²) in [7, 11) is 3.05. The number of pyridine rings is 1. The molecule has 0 unspecified atom stereocenters. The van der Waals surface area contributed by atoms with Crippen molar-refractivity contribution in [1.82, 2.24) is 14.5 Å². The van der Waals surface area contributed by atoms with Gasteiger partial charge in [0.2, 0.25) is 0 Å². The van der Waals surface area contributed by atoms with Crippen molar-refractivity contribution in [2.45, 2.75) is 6.92 Å². The Kier molecular flexibility index (Phi) is 5.36. The first-order chi connectivity index (χ1) is 15.0. The van der Waals surface area contributed by atoms with Gasteiger partial charge in [0.1, 0.15) is 17.3 Å². The molecule has 0 radical (unpaired) electrons. The van der Waals surface area contributed by atoms with Crippen LogP contribution in [0.2, 0.25) is 0 Å². The molecule has 0 aliphatic heterocycles. The van der Waals surface area contributed by atoms with Gasteiger partial charge in [-0.15, -0.1) is 0 Å². The summed E-state index contributed by atoms with van der Waals surface area (Å²) in [5.41, 5.74) is 1.84. The quantitative estimate of drug-likeness (QED) is 0.536. The SMILES string of the molecule is COc1cc(OC)cc(C(=O)Nc2ccc(-n3c(C)nc4ncccc4c3=O)cc2)c1. The Hall–Kier alpha value is -4.20. The zero-order chi connectivity index (χ0) is 22.0. The molecule has 1 amide bonds. The molecule has 1 N–H and O–H groups in total. The van der Waals surface area contributed by atoms with E-state index in [1.807, 2.05) is 0 Å². The number of rotatable bonds is 5. The number of hydrogen-bond acceptors (Lipinski definition) is 6. The van der Waals surface area contributed by atoms with Gasteiger partial charge in [-0.2, -0.15) is 0 Å². The van der Waals surface area contributed by atoms with Crippen LogP contribution in [0.3, 0.4) is 0 Å². The number of aryl methyl sites for hydroxylation is 1. The summed E-state index contributed by atoms with van der Waals surface area (Å²) >= 11 is 0. The minimum absolute atomic E-state index is 0.198. The van der Waals surface area contributed by atoms with Gasteiger partial charge in [-0.1, -0.05) is 0 Å². The van der Waals surface area contributed by atoms with Crippen molar-refractivity contribution >= 4 is 22.6 Å². The average molecular weight is 416 g/mol. The molecule has 0 saturated carbocycles. The van der Waals surface area contributed by atoms with Gasteiger partial charge < -0.3 is 14.8 Å². The topological polar surface area (TPSA) is 95.3 Å². The lowest BCUT2D eigenvalue weighted by molar-refractivity contribution is 0.102. The van der Waals surface area contributed by atoms with Gasteiger partial charge in [-0.25, -0.2) is 9.97 Å². The first-order valence-corrected chi connectivity index (χ1v) is 9.49. The second-order valence-corrected chi connectivity index (χ2v) is 6.78. The number of benzene rings is 2. The molecule has 2 heterocycles. The summed E-state index contributed by atoms with van der Waals surface area (Å²) in [6.45, 7) is 1.75. The van der Waals surface area contributed by atoms with E-state index in [4.69, 9.17) is 9.47 Å². The maximum atomic E-state index is 12.9. The van der Waals surface area contributed by atoms with Crippen LogP contribution in [0.4, 0.5) is 5.69 Å². The highest BCUT2D eigenvalue weighted by molar-refractivity contribution is 6.04. The third-order valence-corrected chi connectivity index (χ3v) is 4.81. The summed E-state index contributed by atoms with van der Waals surface area (Å²) in [5.74, 6) is 1.26. The van der Waals surface area contributed by atoms with Crippen molar-refractivity contribution in [3.8, 4) is 17.2 Å². The van der Waals surface area contributed by atoms with E-state index in [0.29, 0.717) is 45.3 Å². The van der Waals surface area contributed by atoms with Crippen molar-refractivity contribution in [3.63, 3.8) is 0 Å². The molecule has 0 spiro atoms. The monoisotopic (exact) mass is 416 g/mol. The second-order valence-electron chi connectivity index (χ2n) is 6.78. The van der Waals surface area contributed by atoms with E-state index in [-0.39, 0.29) is 11.5 Å². The third kappa shape index (κ3) is 3.95. The number of amides is 1. The molecule has 0 aliphatic rings. The van der Waals surface area contributed by atoms with Crippen LogP contribution in [0.1, 0.15) is 16.2 Å². The van der Waals surface area contributed by atoms with Crippen LogP contribution in [0.15, 0.2) is 65.6 Å². The maximum absolute atomic E-state index is 12.9. The number of methoxy groups -OCH3 is 2. The Morgan fingerprint density at radius 3 is 2.32 bits per heavy atom. The summed E-state index contributed by atoms with van der Waals surface area (Å²) in [4.78, 5) is 34.1. The lowest BCUT2D eigenvalue weighted by Crippen LogP contribution is -2.22. The van der Waals surface area contributed by atoms with Crippen LogP contribution in [0, 0.1) is 6.92 Å².